The van der Waals surface area contributed by atoms with E-state index in [1.807, 2.05) is 13.2 Å². The van der Waals surface area contributed by atoms with Crippen molar-refractivity contribution >= 4 is 6.29 Å². The van der Waals surface area contributed by atoms with Crippen molar-refractivity contribution in [3.8, 4) is 0 Å². The molecule has 0 saturated heterocycles. The molecule has 159 valence electrons. The Balaban J connectivity index is 0.00000729. The maximum atomic E-state index is 9.96. The van der Waals surface area contributed by atoms with Gasteiger partial charge in [0.1, 0.15) is 5.69 Å². The molecule has 1 rings (SSSR count). The number of nitrogens with one attached hydrogen (secondary N) is 1. The van der Waals surface area contributed by atoms with Gasteiger partial charge in [-0.2, -0.15) is 0 Å². The average Bonchev–Trinajstić information content (AvgIpc) is 3.13. The molecule has 0 saturated carbocycles. The van der Waals surface area contributed by atoms with E-state index in [2.05, 4.69) is 15.6 Å². The van der Waals surface area contributed by atoms with E-state index in [0.29, 0.717) is 79.0 Å². The van der Waals surface area contributed by atoms with Gasteiger partial charge in [-0.05, 0) is 7.05 Å². The molecular formula is C17H31N4O6Y-. The van der Waals surface area contributed by atoms with Gasteiger partial charge in [0.15, 0.2) is 0 Å². The number of hydrogen-bond acceptors (Lipinski definition) is 9. The molecule has 1 N–H and O–H groups in total. The van der Waals surface area contributed by atoms with Crippen LogP contribution in [0.4, 0.5) is 0 Å². The summed E-state index contributed by atoms with van der Waals surface area (Å²) in [4.78, 5) is 9.96. The molecule has 0 atom stereocenters. The topological polar surface area (TPSA) is 106 Å². The van der Waals surface area contributed by atoms with E-state index in [0.717, 1.165) is 12.2 Å². The number of hydrogen-bond donors (Lipinski definition) is 1. The molecule has 1 radical (unpaired) electrons. The van der Waals surface area contributed by atoms with Crippen LogP contribution in [0.1, 0.15) is 12.1 Å². The van der Waals surface area contributed by atoms with E-state index >= 15 is 0 Å². The first-order valence-electron chi connectivity index (χ1n) is 9.14. The molecule has 0 bridgehead atoms. The van der Waals surface area contributed by atoms with Crippen molar-refractivity contribution in [2.24, 2.45) is 0 Å². The number of carbonyl (C=O) groups excluding carboxylic acids is 1. The Morgan fingerprint density at radius 1 is 0.929 bits per heavy atom. The molecule has 0 unspecified atom stereocenters. The van der Waals surface area contributed by atoms with Crippen molar-refractivity contribution in [3.63, 3.8) is 0 Å². The van der Waals surface area contributed by atoms with Gasteiger partial charge in [0.25, 0.3) is 0 Å². The third kappa shape index (κ3) is 16.6. The quantitative estimate of drug-likeness (QED) is 0.198. The van der Waals surface area contributed by atoms with Crippen molar-refractivity contribution in [2.45, 2.75) is 19.6 Å². The fourth-order valence-corrected chi connectivity index (χ4v) is 1.90. The molecule has 0 spiro atoms. The third-order valence-electron chi connectivity index (χ3n) is 3.26. The Hall–Kier alpha value is -0.326. The number of nitrogens with zero attached hydrogens (tertiary/aromatic N) is 3. The second-order valence-corrected chi connectivity index (χ2v) is 5.47. The van der Waals surface area contributed by atoms with Crippen molar-refractivity contribution in [3.05, 3.63) is 11.9 Å². The molecule has 1 aromatic heterocycles. The molecule has 11 heteroatoms. The Labute approximate surface area is 191 Å². The molecule has 1 aromatic rings. The molecule has 0 aliphatic heterocycles. The van der Waals surface area contributed by atoms with Crippen LogP contribution < -0.4 is 5.32 Å². The minimum Gasteiger partial charge on any atom is -0.542 e. The maximum absolute atomic E-state index is 9.96. The zero-order valence-electron chi connectivity index (χ0n) is 16.6. The normalized spacial score (nSPS) is 10.8. The fourth-order valence-electron chi connectivity index (χ4n) is 1.90. The second-order valence-electron chi connectivity index (χ2n) is 5.47. The number of aromatic nitrogens is 3. The van der Waals surface area contributed by atoms with Crippen LogP contribution in [0.3, 0.4) is 0 Å². The van der Waals surface area contributed by atoms with Crippen LogP contribution in [-0.4, -0.2) is 94.3 Å². The summed E-state index contributed by atoms with van der Waals surface area (Å²) in [5.74, 6) is 0. The van der Waals surface area contributed by atoms with E-state index in [-0.39, 0.29) is 32.7 Å². The van der Waals surface area contributed by atoms with Crippen LogP contribution >= 0.6 is 0 Å². The third-order valence-corrected chi connectivity index (χ3v) is 3.26. The van der Waals surface area contributed by atoms with E-state index < -0.39 is 0 Å². The molecular weight excluding hydrogens is 445 g/mol. The Kier molecular flexibility index (Phi) is 21.1. The zero-order valence-corrected chi connectivity index (χ0v) is 19.5. The molecule has 0 fully saturated rings. The first kappa shape index (κ1) is 27.7. The number of rotatable bonds is 20. The van der Waals surface area contributed by atoms with Crippen LogP contribution in [-0.2, 0) is 74.3 Å². The van der Waals surface area contributed by atoms with Crippen molar-refractivity contribution < 1.29 is 61.2 Å². The van der Waals surface area contributed by atoms with Gasteiger partial charge >= 0.3 is 0 Å². The second kappa shape index (κ2) is 21.4. The molecule has 10 nitrogen and oxygen atoms in total. The van der Waals surface area contributed by atoms with Gasteiger partial charge < -0.3 is 33.8 Å². The molecule has 0 aliphatic carbocycles. The summed E-state index contributed by atoms with van der Waals surface area (Å²) in [6, 6.07) is 0. The van der Waals surface area contributed by atoms with E-state index in [4.69, 9.17) is 23.7 Å². The van der Waals surface area contributed by atoms with Crippen LogP contribution in [0.5, 0.6) is 0 Å². The van der Waals surface area contributed by atoms with Crippen molar-refractivity contribution in [2.75, 3.05) is 73.1 Å². The SMILES string of the molecule is CNCCOCc1cn(CCOCCOCCOCCOCC[C-]=O)nn1.[Y]. The predicted molar refractivity (Wildman–Crippen MR) is 97.2 cm³/mol. The Bertz CT molecular complexity index is 467. The first-order chi connectivity index (χ1) is 13.4. The van der Waals surface area contributed by atoms with Crippen LogP contribution in [0, 0.1) is 0 Å². The molecule has 0 aromatic carbocycles. The fraction of sp³-hybridized carbons (Fsp3) is 0.824. The minimum atomic E-state index is 0. The van der Waals surface area contributed by atoms with E-state index in [1.54, 1.807) is 11.0 Å². The summed E-state index contributed by atoms with van der Waals surface area (Å²) >= 11 is 0. The van der Waals surface area contributed by atoms with Crippen LogP contribution in [0.25, 0.3) is 0 Å². The minimum absolute atomic E-state index is 0. The average molecular weight is 476 g/mol. The smallest absolute Gasteiger partial charge is 0.108 e. The summed E-state index contributed by atoms with van der Waals surface area (Å²) in [5, 5.41) is 11.1. The molecule has 0 aliphatic rings. The summed E-state index contributed by atoms with van der Waals surface area (Å²) in [6.07, 6.45) is 3.92. The van der Waals surface area contributed by atoms with E-state index in [9.17, 15) is 4.79 Å². The molecule has 1 heterocycles. The van der Waals surface area contributed by atoms with Gasteiger partial charge in [0, 0.05) is 45.9 Å². The number of ether oxygens (including phenoxy) is 5. The first-order valence-corrected chi connectivity index (χ1v) is 9.14. The van der Waals surface area contributed by atoms with Gasteiger partial charge in [-0.3, -0.25) is 6.29 Å². The Morgan fingerprint density at radius 2 is 1.54 bits per heavy atom. The predicted octanol–water partition coefficient (Wildman–Crippen LogP) is -0.422. The van der Waals surface area contributed by atoms with E-state index in [1.165, 1.54) is 0 Å². The Morgan fingerprint density at radius 3 is 2.14 bits per heavy atom. The maximum Gasteiger partial charge on any atom is 0.108 e. The van der Waals surface area contributed by atoms with Gasteiger partial charge in [0.2, 0.25) is 0 Å². The van der Waals surface area contributed by atoms with Crippen LogP contribution in [0.2, 0.25) is 0 Å². The number of likely N-dealkylation sites (N-methyl/N-ethyl adjacent to an activating group) is 1. The molecule has 28 heavy (non-hydrogen) atoms. The standard InChI is InChI=1S/C17H31N4O6.Y/c1-18-3-7-27-16-17-15-21(20-19-17)4-8-24-10-12-26-14-13-25-11-9-23-6-2-5-22;/h15,18H,2-4,6-14,16H2,1H3;/q-1;. The largest absolute Gasteiger partial charge is 0.542 e. The van der Waals surface area contributed by atoms with Gasteiger partial charge in [-0.15, -0.1) is 11.5 Å². The van der Waals surface area contributed by atoms with Crippen LogP contribution in [0.15, 0.2) is 6.20 Å². The van der Waals surface area contributed by atoms with Gasteiger partial charge in [-0.25, -0.2) is 4.68 Å². The van der Waals surface area contributed by atoms with Gasteiger partial charge in [0.05, 0.1) is 72.2 Å². The summed E-state index contributed by atoms with van der Waals surface area (Å²) < 4.78 is 28.5. The summed E-state index contributed by atoms with van der Waals surface area (Å²) in [5.41, 5.74) is 0.807. The van der Waals surface area contributed by atoms with Gasteiger partial charge in [-0.1, -0.05) is 5.21 Å². The molecule has 0 amide bonds. The summed E-state index contributed by atoms with van der Waals surface area (Å²) in [7, 11) is 1.88. The summed E-state index contributed by atoms with van der Waals surface area (Å²) in [6.45, 7) is 6.47. The monoisotopic (exact) mass is 476 g/mol. The van der Waals surface area contributed by atoms with Crippen molar-refractivity contribution in [1.29, 1.82) is 0 Å². The zero-order chi connectivity index (χ0) is 19.4. The van der Waals surface area contributed by atoms with Crippen molar-refractivity contribution in [1.82, 2.24) is 20.3 Å².